The normalized spacial score (nSPS) is 11.7. The van der Waals surface area contributed by atoms with Crippen LogP contribution in [0.3, 0.4) is 0 Å². The maximum Gasteiger partial charge on any atom is 0.180 e. The predicted molar refractivity (Wildman–Crippen MR) is 109 cm³/mol. The van der Waals surface area contributed by atoms with E-state index in [1.54, 1.807) is 13.3 Å². The zero-order valence-corrected chi connectivity index (χ0v) is 16.5. The van der Waals surface area contributed by atoms with Crippen LogP contribution in [0.25, 0.3) is 0 Å². The quantitative estimate of drug-likeness (QED) is 0.407. The minimum Gasteiger partial charge on any atom is -0.493 e. The van der Waals surface area contributed by atoms with E-state index in [0.29, 0.717) is 23.3 Å². The van der Waals surface area contributed by atoms with E-state index >= 15 is 0 Å². The van der Waals surface area contributed by atoms with Gasteiger partial charge in [-0.1, -0.05) is 42.1 Å². The van der Waals surface area contributed by atoms with Crippen molar-refractivity contribution in [3.8, 4) is 11.5 Å². The third-order valence-corrected chi connectivity index (χ3v) is 4.71. The van der Waals surface area contributed by atoms with E-state index in [1.807, 2.05) is 49.4 Å². The number of thioether (sulfide) groups is 1. The Balaban J connectivity index is 2.02. The molecule has 0 fully saturated rings. The number of ether oxygens (including phenoxy) is 2. The van der Waals surface area contributed by atoms with Gasteiger partial charge in [0.25, 0.3) is 0 Å². The molecule has 0 heterocycles. The molecule has 0 spiro atoms. The maximum atomic E-state index is 5.89. The minimum atomic E-state index is 0.411. The average Bonchev–Trinajstić information content (AvgIpc) is 2.63. The largest absolute Gasteiger partial charge is 0.493 e. The molecule has 2 aromatic carbocycles. The zero-order chi connectivity index (χ0) is 18.1. The number of rotatable bonds is 7. The first kappa shape index (κ1) is 19.3. The molecular formula is C18H20BrN3O2S. The van der Waals surface area contributed by atoms with Crippen molar-refractivity contribution in [1.82, 2.24) is 0 Å². The molecule has 2 N–H and O–H groups in total. The molecule has 0 aromatic heterocycles. The summed E-state index contributed by atoms with van der Waals surface area (Å²) < 4.78 is 11.7. The Morgan fingerprint density at radius 1 is 1.24 bits per heavy atom. The second-order valence-electron chi connectivity index (χ2n) is 4.91. The second kappa shape index (κ2) is 10.1. The summed E-state index contributed by atoms with van der Waals surface area (Å²) in [6.45, 7) is 2.49. The fourth-order valence-corrected chi connectivity index (χ4v) is 3.02. The maximum absolute atomic E-state index is 5.89. The van der Waals surface area contributed by atoms with Gasteiger partial charge in [-0.25, -0.2) is 0 Å². The molecule has 0 bridgehead atoms. The Morgan fingerprint density at radius 2 is 2.00 bits per heavy atom. The molecule has 0 aliphatic rings. The number of methoxy groups -OCH3 is 1. The molecule has 0 atom stereocenters. The highest BCUT2D eigenvalue weighted by atomic mass is 79.9. The molecule has 0 aliphatic heterocycles. The molecule has 0 saturated carbocycles. The highest BCUT2D eigenvalue weighted by Gasteiger charge is 2.08. The zero-order valence-electron chi connectivity index (χ0n) is 14.1. The van der Waals surface area contributed by atoms with E-state index in [4.69, 9.17) is 15.2 Å². The topological polar surface area (TPSA) is 69.2 Å². The Kier molecular flexibility index (Phi) is 7.81. The fraction of sp³-hybridized carbons (Fsp3) is 0.222. The van der Waals surface area contributed by atoms with Gasteiger partial charge < -0.3 is 15.2 Å². The summed E-state index contributed by atoms with van der Waals surface area (Å²) >= 11 is 4.94. The Bertz CT molecular complexity index is 751. The van der Waals surface area contributed by atoms with E-state index in [9.17, 15) is 0 Å². The molecule has 5 nitrogen and oxygen atoms in total. The van der Waals surface area contributed by atoms with Gasteiger partial charge in [0, 0.05) is 15.8 Å². The summed E-state index contributed by atoms with van der Waals surface area (Å²) in [5.74, 6) is 2.07. The lowest BCUT2D eigenvalue weighted by Crippen LogP contribution is -2.06. The summed E-state index contributed by atoms with van der Waals surface area (Å²) in [4.78, 5) is 0. The Labute approximate surface area is 160 Å². The number of halogens is 1. The summed E-state index contributed by atoms with van der Waals surface area (Å²) in [6.07, 6.45) is 1.62. The molecule has 25 heavy (non-hydrogen) atoms. The molecule has 7 heteroatoms. The Hall–Kier alpha value is -1.99. The first-order valence-corrected chi connectivity index (χ1v) is 9.45. The van der Waals surface area contributed by atoms with Crippen molar-refractivity contribution in [3.63, 3.8) is 0 Å². The van der Waals surface area contributed by atoms with Crippen molar-refractivity contribution in [2.24, 2.45) is 15.9 Å². The van der Waals surface area contributed by atoms with E-state index in [2.05, 4.69) is 26.1 Å². The first-order chi connectivity index (χ1) is 12.1. The second-order valence-corrected chi connectivity index (χ2v) is 6.76. The number of amidine groups is 1. The van der Waals surface area contributed by atoms with Crippen molar-refractivity contribution >= 4 is 39.1 Å². The van der Waals surface area contributed by atoms with Crippen molar-refractivity contribution in [1.29, 1.82) is 0 Å². The van der Waals surface area contributed by atoms with Gasteiger partial charge >= 0.3 is 0 Å². The predicted octanol–water partition coefficient (Wildman–Crippen LogP) is 4.44. The number of benzene rings is 2. The lowest BCUT2D eigenvalue weighted by atomic mass is 10.2. The molecule has 0 aliphatic carbocycles. The van der Waals surface area contributed by atoms with Gasteiger partial charge in [-0.15, -0.1) is 5.10 Å². The highest BCUT2D eigenvalue weighted by molar-refractivity contribution is 9.10. The first-order valence-electron chi connectivity index (χ1n) is 7.67. The van der Waals surface area contributed by atoms with Crippen LogP contribution in [0.15, 0.2) is 57.1 Å². The molecule has 0 saturated heterocycles. The van der Waals surface area contributed by atoms with Gasteiger partial charge in [-0.2, -0.15) is 5.10 Å². The summed E-state index contributed by atoms with van der Waals surface area (Å²) in [7, 11) is 1.60. The lowest BCUT2D eigenvalue weighted by Gasteiger charge is -2.10. The van der Waals surface area contributed by atoms with Crippen LogP contribution in [-0.4, -0.2) is 25.1 Å². The number of hydrogen-bond donors (Lipinski definition) is 1. The van der Waals surface area contributed by atoms with Gasteiger partial charge in [-0.3, -0.25) is 0 Å². The third-order valence-electron chi connectivity index (χ3n) is 3.17. The summed E-state index contributed by atoms with van der Waals surface area (Å²) in [5, 5.41) is 8.49. The standard InChI is InChI=1S/C18H20BrN3O2S/c1-3-24-17-10-15(19)14(9-16(17)23-2)11-21-22-18(20)25-12-13-7-5-4-6-8-13/h4-11H,3,12H2,1-2H3,(H2,20,22). The average molecular weight is 422 g/mol. The van der Waals surface area contributed by atoms with E-state index in [1.165, 1.54) is 17.3 Å². The molecule has 2 aromatic rings. The fourth-order valence-electron chi connectivity index (χ4n) is 1.99. The van der Waals surface area contributed by atoms with E-state index in [0.717, 1.165) is 15.8 Å². The number of hydrogen-bond acceptors (Lipinski definition) is 5. The van der Waals surface area contributed by atoms with Gasteiger partial charge in [-0.05, 0) is 40.5 Å². The van der Waals surface area contributed by atoms with Crippen molar-refractivity contribution in [2.45, 2.75) is 12.7 Å². The van der Waals surface area contributed by atoms with E-state index in [-0.39, 0.29) is 0 Å². The van der Waals surface area contributed by atoms with Crippen LogP contribution >= 0.6 is 27.7 Å². The molecule has 132 valence electrons. The molecule has 2 rings (SSSR count). The monoisotopic (exact) mass is 421 g/mol. The minimum absolute atomic E-state index is 0.411. The SMILES string of the molecule is CCOc1cc(Br)c(C=NN=C(N)SCc2ccccc2)cc1OC. The number of nitrogens with zero attached hydrogens (tertiary/aromatic N) is 2. The molecular weight excluding hydrogens is 402 g/mol. The molecule has 0 unspecified atom stereocenters. The van der Waals surface area contributed by atoms with Crippen molar-refractivity contribution in [2.75, 3.05) is 13.7 Å². The van der Waals surface area contributed by atoms with Crippen LogP contribution in [0.4, 0.5) is 0 Å². The van der Waals surface area contributed by atoms with Gasteiger partial charge in [0.15, 0.2) is 16.7 Å². The Morgan fingerprint density at radius 3 is 2.68 bits per heavy atom. The van der Waals surface area contributed by atoms with Crippen LogP contribution in [0.1, 0.15) is 18.1 Å². The van der Waals surface area contributed by atoms with Crippen LogP contribution in [0.5, 0.6) is 11.5 Å². The van der Waals surface area contributed by atoms with Gasteiger partial charge in [0.1, 0.15) is 0 Å². The molecule has 0 radical (unpaired) electrons. The van der Waals surface area contributed by atoms with Gasteiger partial charge in [0.2, 0.25) is 0 Å². The van der Waals surface area contributed by atoms with Crippen LogP contribution < -0.4 is 15.2 Å². The van der Waals surface area contributed by atoms with Crippen molar-refractivity contribution < 1.29 is 9.47 Å². The third kappa shape index (κ3) is 6.10. The van der Waals surface area contributed by atoms with Crippen LogP contribution in [0.2, 0.25) is 0 Å². The van der Waals surface area contributed by atoms with Gasteiger partial charge in [0.05, 0.1) is 19.9 Å². The summed E-state index contributed by atoms with van der Waals surface area (Å²) in [5.41, 5.74) is 7.90. The summed E-state index contributed by atoms with van der Waals surface area (Å²) in [6, 6.07) is 13.8. The number of nitrogens with two attached hydrogens (primary N) is 1. The lowest BCUT2D eigenvalue weighted by molar-refractivity contribution is 0.310. The van der Waals surface area contributed by atoms with Crippen LogP contribution in [-0.2, 0) is 5.75 Å². The highest BCUT2D eigenvalue weighted by Crippen LogP contribution is 2.32. The molecule has 0 amide bonds. The smallest absolute Gasteiger partial charge is 0.180 e. The van der Waals surface area contributed by atoms with E-state index < -0.39 is 0 Å². The van der Waals surface area contributed by atoms with Crippen LogP contribution in [0, 0.1) is 0 Å². The van der Waals surface area contributed by atoms with Crippen molar-refractivity contribution in [3.05, 3.63) is 58.1 Å².